The third kappa shape index (κ3) is 3.63. The Morgan fingerprint density at radius 2 is 1.92 bits per heavy atom. The molecule has 6 nitrogen and oxygen atoms in total. The molecule has 0 aliphatic heterocycles. The lowest BCUT2D eigenvalue weighted by Gasteiger charge is -2.14. The van der Waals surface area contributed by atoms with Gasteiger partial charge in [0.1, 0.15) is 24.2 Å². The molecule has 25 heavy (non-hydrogen) atoms. The Balaban J connectivity index is 1.71. The summed E-state index contributed by atoms with van der Waals surface area (Å²) in [5.41, 5.74) is 2.53. The van der Waals surface area contributed by atoms with E-state index in [1.165, 1.54) is 6.33 Å². The van der Waals surface area contributed by atoms with Gasteiger partial charge in [-0.1, -0.05) is 26.0 Å². The Labute approximate surface area is 146 Å². The van der Waals surface area contributed by atoms with Crippen LogP contribution in [-0.4, -0.2) is 20.7 Å². The molecule has 0 aliphatic carbocycles. The van der Waals surface area contributed by atoms with Crippen molar-refractivity contribution in [1.82, 2.24) is 20.1 Å². The molecular formula is C19H22N4O2. The molecule has 1 atom stereocenters. The smallest absolute Gasteiger partial charge is 0.255 e. The SMILES string of the molecule is Cc1oc(C(C)C)cc1C(=O)N[C@@H](C)c1ccc(-n2cncn2)cc1. The van der Waals surface area contributed by atoms with Gasteiger partial charge in [0.05, 0.1) is 17.3 Å². The number of amides is 1. The van der Waals surface area contributed by atoms with Crippen LogP contribution in [0.15, 0.2) is 47.4 Å². The van der Waals surface area contributed by atoms with E-state index in [2.05, 4.69) is 15.4 Å². The second-order valence-corrected chi connectivity index (χ2v) is 6.40. The monoisotopic (exact) mass is 338 g/mol. The zero-order chi connectivity index (χ0) is 18.0. The van der Waals surface area contributed by atoms with E-state index in [1.54, 1.807) is 11.0 Å². The summed E-state index contributed by atoms with van der Waals surface area (Å²) in [5.74, 6) is 1.60. The number of aryl methyl sites for hydroxylation is 1. The molecule has 6 heteroatoms. The van der Waals surface area contributed by atoms with Gasteiger partial charge in [0.2, 0.25) is 0 Å². The molecule has 1 aromatic carbocycles. The highest BCUT2D eigenvalue weighted by Crippen LogP contribution is 2.23. The van der Waals surface area contributed by atoms with Crippen LogP contribution >= 0.6 is 0 Å². The molecule has 0 bridgehead atoms. The fourth-order valence-corrected chi connectivity index (χ4v) is 2.63. The molecule has 2 aromatic heterocycles. The van der Waals surface area contributed by atoms with E-state index in [-0.39, 0.29) is 17.9 Å². The molecule has 0 saturated heterocycles. The van der Waals surface area contributed by atoms with Crippen LogP contribution in [0.4, 0.5) is 0 Å². The van der Waals surface area contributed by atoms with E-state index in [0.29, 0.717) is 11.3 Å². The third-order valence-electron chi connectivity index (χ3n) is 4.17. The summed E-state index contributed by atoms with van der Waals surface area (Å²) in [4.78, 5) is 16.5. The van der Waals surface area contributed by atoms with Gasteiger partial charge in [-0.15, -0.1) is 0 Å². The zero-order valence-corrected chi connectivity index (χ0v) is 14.9. The minimum Gasteiger partial charge on any atom is -0.465 e. The highest BCUT2D eigenvalue weighted by molar-refractivity contribution is 5.95. The van der Waals surface area contributed by atoms with Crippen molar-refractivity contribution < 1.29 is 9.21 Å². The maximum atomic E-state index is 12.5. The van der Waals surface area contributed by atoms with Crippen molar-refractivity contribution >= 4 is 5.91 Å². The van der Waals surface area contributed by atoms with Gasteiger partial charge in [0.25, 0.3) is 5.91 Å². The van der Waals surface area contributed by atoms with E-state index < -0.39 is 0 Å². The van der Waals surface area contributed by atoms with Crippen molar-refractivity contribution in [2.24, 2.45) is 0 Å². The standard InChI is InChI=1S/C19H22N4O2/c1-12(2)18-9-17(14(4)25-18)19(24)22-13(3)15-5-7-16(8-6-15)23-11-20-10-21-23/h5-13H,1-4H3,(H,22,24)/t13-/m0/s1. The van der Waals surface area contributed by atoms with Crippen LogP contribution in [0.3, 0.4) is 0 Å². The second kappa shape index (κ2) is 6.93. The molecular weight excluding hydrogens is 316 g/mol. The molecule has 0 unspecified atom stereocenters. The Morgan fingerprint density at radius 3 is 2.48 bits per heavy atom. The van der Waals surface area contributed by atoms with Crippen LogP contribution in [0.5, 0.6) is 0 Å². The van der Waals surface area contributed by atoms with E-state index in [9.17, 15) is 4.79 Å². The fraction of sp³-hybridized carbons (Fsp3) is 0.316. The molecule has 0 radical (unpaired) electrons. The lowest BCUT2D eigenvalue weighted by molar-refractivity contribution is 0.0938. The van der Waals surface area contributed by atoms with Crippen LogP contribution in [0.1, 0.15) is 60.2 Å². The molecule has 130 valence electrons. The van der Waals surface area contributed by atoms with Gasteiger partial charge in [0, 0.05) is 5.92 Å². The number of benzene rings is 1. The van der Waals surface area contributed by atoms with Crippen LogP contribution < -0.4 is 5.32 Å². The third-order valence-corrected chi connectivity index (χ3v) is 4.17. The predicted molar refractivity (Wildman–Crippen MR) is 94.8 cm³/mol. The van der Waals surface area contributed by atoms with E-state index in [0.717, 1.165) is 17.0 Å². The van der Waals surface area contributed by atoms with Crippen molar-refractivity contribution in [3.8, 4) is 5.69 Å². The molecule has 1 N–H and O–H groups in total. The summed E-state index contributed by atoms with van der Waals surface area (Å²) in [5, 5.41) is 7.13. The summed E-state index contributed by atoms with van der Waals surface area (Å²) < 4.78 is 7.35. The Bertz CT molecular complexity index is 848. The Hall–Kier alpha value is -2.89. The fourth-order valence-electron chi connectivity index (χ4n) is 2.63. The first kappa shape index (κ1) is 17.0. The molecule has 0 aliphatic rings. The highest BCUT2D eigenvalue weighted by Gasteiger charge is 2.18. The second-order valence-electron chi connectivity index (χ2n) is 6.40. The maximum Gasteiger partial charge on any atom is 0.255 e. The van der Waals surface area contributed by atoms with Gasteiger partial charge >= 0.3 is 0 Å². The molecule has 3 rings (SSSR count). The first-order chi connectivity index (χ1) is 12.0. The number of hydrogen-bond donors (Lipinski definition) is 1. The molecule has 0 fully saturated rings. The number of aromatic nitrogens is 3. The van der Waals surface area contributed by atoms with Crippen molar-refractivity contribution in [3.63, 3.8) is 0 Å². The zero-order valence-electron chi connectivity index (χ0n) is 14.9. The summed E-state index contributed by atoms with van der Waals surface area (Å²) in [6, 6.07) is 9.57. The number of furan rings is 1. The average Bonchev–Trinajstić information content (AvgIpc) is 3.24. The minimum absolute atomic E-state index is 0.117. The van der Waals surface area contributed by atoms with Crippen LogP contribution in [0.25, 0.3) is 5.69 Å². The predicted octanol–water partition coefficient (Wildman–Crippen LogP) is 3.78. The number of rotatable bonds is 5. The first-order valence-electron chi connectivity index (χ1n) is 8.32. The highest BCUT2D eigenvalue weighted by atomic mass is 16.3. The largest absolute Gasteiger partial charge is 0.465 e. The lowest BCUT2D eigenvalue weighted by Crippen LogP contribution is -2.26. The van der Waals surface area contributed by atoms with Crippen molar-refractivity contribution in [2.45, 2.75) is 39.7 Å². The van der Waals surface area contributed by atoms with E-state index in [4.69, 9.17) is 4.42 Å². The van der Waals surface area contributed by atoms with Gasteiger partial charge in [-0.2, -0.15) is 5.10 Å². The number of carbonyl (C=O) groups is 1. The molecule has 2 heterocycles. The van der Waals surface area contributed by atoms with Crippen molar-refractivity contribution in [3.05, 3.63) is 65.6 Å². The number of nitrogens with zero attached hydrogens (tertiary/aromatic N) is 3. The first-order valence-corrected chi connectivity index (χ1v) is 8.32. The van der Waals surface area contributed by atoms with Gasteiger partial charge < -0.3 is 9.73 Å². The van der Waals surface area contributed by atoms with Crippen LogP contribution in [-0.2, 0) is 0 Å². The Kier molecular flexibility index (Phi) is 4.70. The normalized spacial score (nSPS) is 12.4. The molecule has 3 aromatic rings. The molecule has 1 amide bonds. The van der Waals surface area contributed by atoms with Crippen molar-refractivity contribution in [1.29, 1.82) is 0 Å². The van der Waals surface area contributed by atoms with Crippen molar-refractivity contribution in [2.75, 3.05) is 0 Å². The Morgan fingerprint density at radius 1 is 1.20 bits per heavy atom. The van der Waals surface area contributed by atoms with Gasteiger partial charge in [-0.3, -0.25) is 4.79 Å². The number of hydrogen-bond acceptors (Lipinski definition) is 4. The quantitative estimate of drug-likeness (QED) is 0.768. The summed E-state index contributed by atoms with van der Waals surface area (Å²) >= 11 is 0. The lowest BCUT2D eigenvalue weighted by atomic mass is 10.1. The number of nitrogens with one attached hydrogen (secondary N) is 1. The summed E-state index contributed by atoms with van der Waals surface area (Å²) in [6.07, 6.45) is 3.14. The summed E-state index contributed by atoms with van der Waals surface area (Å²) in [6.45, 7) is 7.86. The van der Waals surface area contributed by atoms with Gasteiger partial charge in [-0.05, 0) is 37.6 Å². The number of carbonyl (C=O) groups excluding carboxylic acids is 1. The summed E-state index contributed by atoms with van der Waals surface area (Å²) in [7, 11) is 0. The van der Waals surface area contributed by atoms with Crippen LogP contribution in [0, 0.1) is 6.92 Å². The van der Waals surface area contributed by atoms with E-state index in [1.807, 2.05) is 58.0 Å². The maximum absolute atomic E-state index is 12.5. The van der Waals surface area contributed by atoms with Crippen LogP contribution in [0.2, 0.25) is 0 Å². The topological polar surface area (TPSA) is 73.0 Å². The van der Waals surface area contributed by atoms with E-state index >= 15 is 0 Å². The van der Waals surface area contributed by atoms with Gasteiger partial charge in [-0.25, -0.2) is 9.67 Å². The van der Waals surface area contributed by atoms with Gasteiger partial charge in [0.15, 0.2) is 0 Å². The molecule has 0 spiro atoms. The minimum atomic E-state index is -0.124. The average molecular weight is 338 g/mol. The molecule has 0 saturated carbocycles.